The molecule has 0 radical (unpaired) electrons. The zero-order valence-corrected chi connectivity index (χ0v) is 15.9. The van der Waals surface area contributed by atoms with E-state index in [9.17, 15) is 9.59 Å². The van der Waals surface area contributed by atoms with Crippen molar-refractivity contribution in [2.45, 2.75) is 47.0 Å². The van der Waals surface area contributed by atoms with Gasteiger partial charge in [-0.1, -0.05) is 42.9 Å². The third kappa shape index (κ3) is 6.26. The quantitative estimate of drug-likeness (QED) is 0.788. The van der Waals surface area contributed by atoms with Crippen LogP contribution in [0.1, 0.15) is 42.8 Å². The summed E-state index contributed by atoms with van der Waals surface area (Å²) in [5.74, 6) is 0.0771. The predicted molar refractivity (Wildman–Crippen MR) is 101 cm³/mol. The number of carbonyl (C=O) groups is 2. The molecule has 0 atom stereocenters. The first-order valence-corrected chi connectivity index (χ1v) is 9.14. The molecule has 2 N–H and O–H groups in total. The van der Waals surface area contributed by atoms with Crippen molar-refractivity contribution in [1.29, 1.82) is 0 Å². The minimum Gasteiger partial charge on any atom is -0.326 e. The topological polar surface area (TPSA) is 84.0 Å². The normalized spacial score (nSPS) is 10.8. The van der Waals surface area contributed by atoms with Gasteiger partial charge in [0.05, 0.1) is 0 Å². The van der Waals surface area contributed by atoms with E-state index in [1.807, 2.05) is 32.0 Å². The van der Waals surface area contributed by atoms with E-state index in [1.165, 1.54) is 11.3 Å². The summed E-state index contributed by atoms with van der Waals surface area (Å²) in [4.78, 5) is 24.0. The fourth-order valence-electron chi connectivity index (χ4n) is 2.31. The van der Waals surface area contributed by atoms with Crippen molar-refractivity contribution in [3.63, 3.8) is 0 Å². The van der Waals surface area contributed by atoms with Crippen molar-refractivity contribution >= 4 is 34.0 Å². The van der Waals surface area contributed by atoms with Gasteiger partial charge in [0.15, 0.2) is 0 Å². The van der Waals surface area contributed by atoms with E-state index in [0.29, 0.717) is 11.0 Å². The molecule has 0 aliphatic heterocycles. The molecule has 1 aromatic carbocycles. The molecule has 0 spiro atoms. The average Bonchev–Trinajstić information content (AvgIpc) is 2.94. The molecule has 7 heteroatoms. The summed E-state index contributed by atoms with van der Waals surface area (Å²) >= 11 is 1.37. The van der Waals surface area contributed by atoms with Gasteiger partial charge in [0.25, 0.3) is 0 Å². The van der Waals surface area contributed by atoms with Crippen LogP contribution in [-0.2, 0) is 16.0 Å². The van der Waals surface area contributed by atoms with E-state index in [2.05, 4.69) is 34.7 Å². The van der Waals surface area contributed by atoms with Gasteiger partial charge in [0, 0.05) is 24.9 Å². The lowest BCUT2D eigenvalue weighted by Crippen LogP contribution is -2.17. The van der Waals surface area contributed by atoms with Gasteiger partial charge >= 0.3 is 0 Å². The molecule has 0 fully saturated rings. The average molecular weight is 360 g/mol. The molecule has 1 heterocycles. The lowest BCUT2D eigenvalue weighted by atomic mass is 10.1. The third-order valence-corrected chi connectivity index (χ3v) is 4.39. The first-order valence-electron chi connectivity index (χ1n) is 8.33. The van der Waals surface area contributed by atoms with Crippen LogP contribution >= 0.6 is 11.3 Å². The highest BCUT2D eigenvalue weighted by atomic mass is 32.1. The second kappa shape index (κ2) is 8.71. The summed E-state index contributed by atoms with van der Waals surface area (Å²) in [7, 11) is 0. The molecule has 2 rings (SSSR count). The summed E-state index contributed by atoms with van der Waals surface area (Å²) in [6.07, 6.45) is 1.07. The SMILES string of the molecule is Cc1ccc(NC(=O)CCC(=O)Nc2nnc(CC(C)C)s2)c(C)c1. The molecule has 1 aromatic heterocycles. The van der Waals surface area contributed by atoms with Crippen molar-refractivity contribution in [2.75, 3.05) is 10.6 Å². The summed E-state index contributed by atoms with van der Waals surface area (Å²) < 4.78 is 0. The number of hydrogen-bond donors (Lipinski definition) is 2. The number of nitrogens with zero attached hydrogens (tertiary/aromatic N) is 2. The minimum atomic E-state index is -0.233. The first-order chi connectivity index (χ1) is 11.8. The maximum Gasteiger partial charge on any atom is 0.226 e. The fraction of sp³-hybridized carbons (Fsp3) is 0.444. The molecule has 0 bridgehead atoms. The number of hydrogen-bond acceptors (Lipinski definition) is 5. The first kappa shape index (κ1) is 19.1. The molecule has 134 valence electrons. The molecule has 0 saturated heterocycles. The van der Waals surface area contributed by atoms with Crippen LogP contribution in [0, 0.1) is 19.8 Å². The van der Waals surface area contributed by atoms with Crippen molar-refractivity contribution in [3.8, 4) is 0 Å². The summed E-state index contributed by atoms with van der Waals surface area (Å²) in [6, 6.07) is 5.83. The highest BCUT2D eigenvalue weighted by Crippen LogP contribution is 2.19. The van der Waals surface area contributed by atoms with Gasteiger partial charge in [-0.2, -0.15) is 0 Å². The number of aromatic nitrogens is 2. The van der Waals surface area contributed by atoms with Crippen LogP contribution in [0.15, 0.2) is 18.2 Å². The van der Waals surface area contributed by atoms with E-state index < -0.39 is 0 Å². The van der Waals surface area contributed by atoms with Crippen molar-refractivity contribution < 1.29 is 9.59 Å². The Morgan fingerprint density at radius 2 is 1.76 bits per heavy atom. The third-order valence-electron chi connectivity index (χ3n) is 3.53. The second-order valence-corrected chi connectivity index (χ2v) is 7.58. The molecule has 2 aromatic rings. The zero-order chi connectivity index (χ0) is 18.4. The molecule has 2 amide bonds. The number of amides is 2. The van der Waals surface area contributed by atoms with Crippen LogP contribution in [0.3, 0.4) is 0 Å². The Balaban J connectivity index is 1.79. The monoisotopic (exact) mass is 360 g/mol. The van der Waals surface area contributed by atoms with Crippen LogP contribution in [-0.4, -0.2) is 22.0 Å². The number of benzene rings is 1. The lowest BCUT2D eigenvalue weighted by molar-refractivity contribution is -0.121. The van der Waals surface area contributed by atoms with E-state index in [1.54, 1.807) is 0 Å². The van der Waals surface area contributed by atoms with Crippen LogP contribution < -0.4 is 10.6 Å². The van der Waals surface area contributed by atoms with E-state index in [-0.39, 0.29) is 24.7 Å². The smallest absolute Gasteiger partial charge is 0.226 e. The molecule has 0 aliphatic carbocycles. The highest BCUT2D eigenvalue weighted by molar-refractivity contribution is 7.15. The van der Waals surface area contributed by atoms with Crippen LogP contribution in [0.2, 0.25) is 0 Å². The van der Waals surface area contributed by atoms with Gasteiger partial charge in [-0.25, -0.2) is 0 Å². The Kier molecular flexibility index (Phi) is 6.64. The number of anilines is 2. The summed E-state index contributed by atoms with van der Waals surface area (Å²) in [5.41, 5.74) is 2.92. The largest absolute Gasteiger partial charge is 0.326 e. The van der Waals surface area contributed by atoms with Gasteiger partial charge in [-0.05, 0) is 31.4 Å². The Morgan fingerprint density at radius 1 is 1.08 bits per heavy atom. The van der Waals surface area contributed by atoms with Gasteiger partial charge in [-0.15, -0.1) is 10.2 Å². The van der Waals surface area contributed by atoms with Gasteiger partial charge in [0.1, 0.15) is 5.01 Å². The maximum absolute atomic E-state index is 12.0. The van der Waals surface area contributed by atoms with Gasteiger partial charge < -0.3 is 10.6 Å². The predicted octanol–water partition coefficient (Wildman–Crippen LogP) is 3.71. The highest BCUT2D eigenvalue weighted by Gasteiger charge is 2.12. The van der Waals surface area contributed by atoms with Crippen molar-refractivity contribution in [1.82, 2.24) is 10.2 Å². The standard InChI is InChI=1S/C18H24N4O2S/c1-11(2)9-17-21-22-18(25-17)20-16(24)8-7-15(23)19-14-6-5-12(3)10-13(14)4/h5-6,10-11H,7-9H2,1-4H3,(H,19,23)(H,20,22,24). The second-order valence-electron chi connectivity index (χ2n) is 6.51. The van der Waals surface area contributed by atoms with Gasteiger partial charge in [0.2, 0.25) is 16.9 Å². The molecule has 25 heavy (non-hydrogen) atoms. The number of nitrogens with one attached hydrogen (secondary N) is 2. The molecule has 6 nitrogen and oxygen atoms in total. The zero-order valence-electron chi connectivity index (χ0n) is 15.0. The van der Waals surface area contributed by atoms with Crippen molar-refractivity contribution in [3.05, 3.63) is 34.3 Å². The molecule has 0 aliphatic rings. The van der Waals surface area contributed by atoms with Crippen LogP contribution in [0.25, 0.3) is 0 Å². The van der Waals surface area contributed by atoms with E-state index in [0.717, 1.165) is 28.2 Å². The maximum atomic E-state index is 12.0. The fourth-order valence-corrected chi connectivity index (χ4v) is 3.28. The lowest BCUT2D eigenvalue weighted by Gasteiger charge is -2.09. The van der Waals surface area contributed by atoms with Crippen molar-refractivity contribution in [2.24, 2.45) is 5.92 Å². The van der Waals surface area contributed by atoms with Gasteiger partial charge in [-0.3, -0.25) is 9.59 Å². The molecule has 0 saturated carbocycles. The Morgan fingerprint density at radius 3 is 2.40 bits per heavy atom. The van der Waals surface area contributed by atoms with Crippen LogP contribution in [0.5, 0.6) is 0 Å². The Bertz CT molecular complexity index is 755. The summed E-state index contributed by atoms with van der Waals surface area (Å²) in [5, 5.41) is 14.9. The number of carbonyl (C=O) groups excluding carboxylic acids is 2. The Labute approximate surface area is 152 Å². The van der Waals surface area contributed by atoms with E-state index in [4.69, 9.17) is 0 Å². The van der Waals surface area contributed by atoms with Crippen LogP contribution in [0.4, 0.5) is 10.8 Å². The molecular weight excluding hydrogens is 336 g/mol. The number of aryl methyl sites for hydroxylation is 2. The Hall–Kier alpha value is -2.28. The molecule has 0 unspecified atom stereocenters. The molecular formula is C18H24N4O2S. The number of rotatable bonds is 7. The minimum absolute atomic E-state index is 0.107. The van der Waals surface area contributed by atoms with E-state index >= 15 is 0 Å². The summed E-state index contributed by atoms with van der Waals surface area (Å²) in [6.45, 7) is 8.16.